The minimum atomic E-state index is 0.420. The molecule has 2 aromatic heterocycles. The number of thiophene rings is 1. The van der Waals surface area contributed by atoms with Crippen molar-refractivity contribution in [1.82, 2.24) is 9.88 Å². The lowest BCUT2D eigenvalue weighted by molar-refractivity contribution is 0.253. The van der Waals surface area contributed by atoms with E-state index < -0.39 is 0 Å². The quantitative estimate of drug-likeness (QED) is 0.829. The lowest BCUT2D eigenvalue weighted by Gasteiger charge is -2.23. The van der Waals surface area contributed by atoms with Crippen LogP contribution in [-0.2, 0) is 6.54 Å². The van der Waals surface area contributed by atoms with Gasteiger partial charge in [-0.15, -0.1) is 11.3 Å². The Hall–Kier alpha value is -1.39. The van der Waals surface area contributed by atoms with Crippen LogP contribution in [-0.4, -0.2) is 23.5 Å². The van der Waals surface area contributed by atoms with Crippen molar-refractivity contribution in [1.29, 1.82) is 0 Å². The topological polar surface area (TPSA) is 28.2 Å². The summed E-state index contributed by atoms with van der Waals surface area (Å²) in [5.41, 5.74) is 1.11. The molecule has 1 N–H and O–H groups in total. The first-order valence-corrected chi connectivity index (χ1v) is 8.02. The molecule has 4 heteroatoms. The minimum absolute atomic E-state index is 0.420. The largest absolute Gasteiger partial charge is 0.370 e. The normalized spacial score (nSPS) is 12.6. The first kappa shape index (κ1) is 15.0. The maximum absolute atomic E-state index is 4.66. The summed E-state index contributed by atoms with van der Waals surface area (Å²) in [5, 5.41) is 5.47. The summed E-state index contributed by atoms with van der Waals surface area (Å²) in [4.78, 5) is 8.39. The second kappa shape index (κ2) is 7.41. The maximum atomic E-state index is 4.66. The van der Waals surface area contributed by atoms with Gasteiger partial charge in [-0.25, -0.2) is 4.98 Å². The maximum Gasteiger partial charge on any atom is 0.126 e. The van der Waals surface area contributed by atoms with Gasteiger partial charge >= 0.3 is 0 Å². The fourth-order valence-electron chi connectivity index (χ4n) is 2.06. The molecule has 2 heterocycles. The molecular weight excluding hydrogens is 266 g/mol. The van der Waals surface area contributed by atoms with Crippen molar-refractivity contribution in [3.05, 3.63) is 46.3 Å². The molecule has 3 nitrogen and oxygen atoms in total. The number of rotatable bonds is 7. The van der Waals surface area contributed by atoms with Gasteiger partial charge in [-0.2, -0.15) is 0 Å². The molecule has 2 rings (SSSR count). The zero-order valence-corrected chi connectivity index (χ0v) is 13.3. The smallest absolute Gasteiger partial charge is 0.126 e. The molecule has 0 saturated carbocycles. The average Bonchev–Trinajstić information content (AvgIpc) is 2.98. The minimum Gasteiger partial charge on any atom is -0.370 e. The Bertz CT molecular complexity index is 510. The van der Waals surface area contributed by atoms with E-state index in [2.05, 4.69) is 65.7 Å². The molecule has 0 bridgehead atoms. The van der Waals surface area contributed by atoms with Crippen molar-refractivity contribution in [2.75, 3.05) is 18.9 Å². The molecule has 2 aromatic rings. The van der Waals surface area contributed by atoms with Gasteiger partial charge in [-0.3, -0.25) is 4.90 Å². The predicted octanol–water partition coefficient (Wildman–Crippen LogP) is 4.16. The van der Waals surface area contributed by atoms with Gasteiger partial charge < -0.3 is 5.32 Å². The summed E-state index contributed by atoms with van der Waals surface area (Å²) < 4.78 is 0. The van der Waals surface area contributed by atoms with E-state index >= 15 is 0 Å². The van der Waals surface area contributed by atoms with Crippen LogP contribution in [0.4, 0.5) is 5.82 Å². The van der Waals surface area contributed by atoms with E-state index in [0.717, 1.165) is 31.0 Å². The Morgan fingerprint density at radius 1 is 1.30 bits per heavy atom. The molecule has 0 aromatic carbocycles. The fraction of sp³-hybridized carbons (Fsp3) is 0.438. The summed E-state index contributed by atoms with van der Waals surface area (Å²) >= 11 is 1.81. The number of aromatic nitrogens is 1. The van der Waals surface area contributed by atoms with Crippen LogP contribution in [0.25, 0.3) is 0 Å². The third kappa shape index (κ3) is 4.05. The van der Waals surface area contributed by atoms with E-state index in [1.807, 2.05) is 17.4 Å². The zero-order valence-electron chi connectivity index (χ0n) is 12.5. The molecule has 0 amide bonds. The van der Waals surface area contributed by atoms with Gasteiger partial charge in [-0.1, -0.05) is 19.1 Å². The van der Waals surface area contributed by atoms with Crippen molar-refractivity contribution >= 4 is 17.2 Å². The summed E-state index contributed by atoms with van der Waals surface area (Å²) in [6.45, 7) is 6.23. The highest BCUT2D eigenvalue weighted by atomic mass is 32.1. The standard InChI is InChI=1S/C16H23N3S/c1-4-10-17-16-9-5-7-14(18-16)12-19(3)13(2)15-8-6-11-20-15/h5-9,11,13H,4,10,12H2,1-3H3,(H,17,18). The van der Waals surface area contributed by atoms with Crippen LogP contribution in [0.15, 0.2) is 35.7 Å². The molecule has 0 aliphatic heterocycles. The Balaban J connectivity index is 1.98. The number of hydrogen-bond donors (Lipinski definition) is 1. The van der Waals surface area contributed by atoms with Crippen molar-refractivity contribution in [3.8, 4) is 0 Å². The first-order chi connectivity index (χ1) is 9.70. The molecule has 0 aliphatic rings. The third-order valence-electron chi connectivity index (χ3n) is 3.39. The molecule has 1 unspecified atom stereocenters. The van der Waals surface area contributed by atoms with Gasteiger partial charge in [0.05, 0.1) is 5.69 Å². The van der Waals surface area contributed by atoms with Gasteiger partial charge in [0, 0.05) is 24.0 Å². The Labute approximate surface area is 125 Å². The monoisotopic (exact) mass is 289 g/mol. The highest BCUT2D eigenvalue weighted by Crippen LogP contribution is 2.24. The molecule has 1 atom stereocenters. The molecule has 0 aliphatic carbocycles. The number of nitrogens with one attached hydrogen (secondary N) is 1. The van der Waals surface area contributed by atoms with Crippen LogP contribution < -0.4 is 5.32 Å². The summed E-state index contributed by atoms with van der Waals surface area (Å²) in [7, 11) is 2.15. The van der Waals surface area contributed by atoms with Crippen LogP contribution >= 0.6 is 11.3 Å². The summed E-state index contributed by atoms with van der Waals surface area (Å²) in [6.07, 6.45) is 1.11. The molecule has 0 saturated heterocycles. The highest BCUT2D eigenvalue weighted by Gasteiger charge is 2.13. The molecule has 0 fully saturated rings. The molecule has 20 heavy (non-hydrogen) atoms. The van der Waals surface area contributed by atoms with Crippen LogP contribution in [0.5, 0.6) is 0 Å². The van der Waals surface area contributed by atoms with Crippen LogP contribution in [0.1, 0.15) is 36.9 Å². The second-order valence-electron chi connectivity index (χ2n) is 5.05. The van der Waals surface area contributed by atoms with Crippen LogP contribution in [0.2, 0.25) is 0 Å². The van der Waals surface area contributed by atoms with Crippen molar-refractivity contribution in [2.24, 2.45) is 0 Å². The van der Waals surface area contributed by atoms with E-state index in [0.29, 0.717) is 6.04 Å². The van der Waals surface area contributed by atoms with Gasteiger partial charge in [0.15, 0.2) is 0 Å². The summed E-state index contributed by atoms with van der Waals surface area (Å²) in [5.74, 6) is 0.974. The van der Waals surface area contributed by atoms with E-state index in [-0.39, 0.29) is 0 Å². The Morgan fingerprint density at radius 2 is 2.15 bits per heavy atom. The average molecular weight is 289 g/mol. The molecule has 108 valence electrons. The zero-order chi connectivity index (χ0) is 14.4. The van der Waals surface area contributed by atoms with Gasteiger partial charge in [0.1, 0.15) is 5.82 Å². The number of pyridine rings is 1. The molecule has 0 spiro atoms. The van der Waals surface area contributed by atoms with Crippen molar-refractivity contribution < 1.29 is 0 Å². The summed E-state index contributed by atoms with van der Waals surface area (Å²) in [6, 6.07) is 10.9. The number of nitrogens with zero attached hydrogens (tertiary/aromatic N) is 2. The lowest BCUT2D eigenvalue weighted by Crippen LogP contribution is -2.22. The van der Waals surface area contributed by atoms with Crippen molar-refractivity contribution in [3.63, 3.8) is 0 Å². The van der Waals surface area contributed by atoms with E-state index in [1.165, 1.54) is 4.88 Å². The van der Waals surface area contributed by atoms with Crippen molar-refractivity contribution in [2.45, 2.75) is 32.9 Å². The van der Waals surface area contributed by atoms with Crippen LogP contribution in [0, 0.1) is 0 Å². The fourth-order valence-corrected chi connectivity index (χ4v) is 2.91. The lowest BCUT2D eigenvalue weighted by atomic mass is 10.2. The highest BCUT2D eigenvalue weighted by molar-refractivity contribution is 7.10. The SMILES string of the molecule is CCCNc1cccc(CN(C)C(C)c2cccs2)n1. The third-order valence-corrected chi connectivity index (χ3v) is 4.43. The predicted molar refractivity (Wildman–Crippen MR) is 87.2 cm³/mol. The van der Waals surface area contributed by atoms with E-state index in [1.54, 1.807) is 0 Å². The number of hydrogen-bond acceptors (Lipinski definition) is 4. The van der Waals surface area contributed by atoms with E-state index in [9.17, 15) is 0 Å². The second-order valence-corrected chi connectivity index (χ2v) is 6.03. The van der Waals surface area contributed by atoms with Gasteiger partial charge in [0.25, 0.3) is 0 Å². The van der Waals surface area contributed by atoms with Gasteiger partial charge in [0.2, 0.25) is 0 Å². The first-order valence-electron chi connectivity index (χ1n) is 7.14. The Kier molecular flexibility index (Phi) is 5.56. The Morgan fingerprint density at radius 3 is 2.85 bits per heavy atom. The van der Waals surface area contributed by atoms with Gasteiger partial charge in [-0.05, 0) is 44.0 Å². The molecular formula is C16H23N3S. The van der Waals surface area contributed by atoms with Crippen LogP contribution in [0.3, 0.4) is 0 Å². The van der Waals surface area contributed by atoms with E-state index in [4.69, 9.17) is 0 Å². The number of anilines is 1. The molecule has 0 radical (unpaired) electrons.